The number of para-hydroxylation sites is 2. The number of hydrogen-bond donors (Lipinski definition) is 0. The molecule has 0 radical (unpaired) electrons. The van der Waals surface area contributed by atoms with Crippen LogP contribution < -0.4 is 4.90 Å². The molecule has 0 N–H and O–H groups in total. The predicted octanol–water partition coefficient (Wildman–Crippen LogP) is 3.10. The fraction of sp³-hybridized carbons (Fsp3) is 0.550. The van der Waals surface area contributed by atoms with E-state index in [4.69, 9.17) is 4.98 Å². The minimum atomic E-state index is 0.176. The summed E-state index contributed by atoms with van der Waals surface area (Å²) in [4.78, 5) is 26.4. The Bertz CT molecular complexity index is 754. The number of carbonyl (C=O) groups is 1. The maximum absolute atomic E-state index is 12.8. The Balaban J connectivity index is 1.39. The molecule has 1 aromatic heterocycles. The summed E-state index contributed by atoms with van der Waals surface area (Å²) in [5.41, 5.74) is 1.86. The van der Waals surface area contributed by atoms with E-state index in [1.54, 1.807) is 0 Å². The Morgan fingerprint density at radius 3 is 2.60 bits per heavy atom. The van der Waals surface area contributed by atoms with Crippen LogP contribution in [-0.4, -0.2) is 47.0 Å². The van der Waals surface area contributed by atoms with Gasteiger partial charge in [0.15, 0.2) is 0 Å². The average molecular weight is 338 g/mol. The first-order chi connectivity index (χ1) is 12.2. The quantitative estimate of drug-likeness (QED) is 0.844. The van der Waals surface area contributed by atoms with Gasteiger partial charge in [-0.05, 0) is 43.7 Å². The Hall–Kier alpha value is -2.17. The zero-order valence-corrected chi connectivity index (χ0v) is 14.9. The van der Waals surface area contributed by atoms with Crippen molar-refractivity contribution in [1.29, 1.82) is 0 Å². The van der Waals surface area contributed by atoms with Crippen LogP contribution in [0.15, 0.2) is 30.5 Å². The van der Waals surface area contributed by atoms with Gasteiger partial charge < -0.3 is 9.80 Å². The van der Waals surface area contributed by atoms with Crippen molar-refractivity contribution in [1.82, 2.24) is 14.9 Å². The molecule has 0 saturated carbocycles. The third kappa shape index (κ3) is 3.46. The molecule has 1 aromatic carbocycles. The van der Waals surface area contributed by atoms with Gasteiger partial charge in [-0.3, -0.25) is 9.78 Å². The number of piperidine rings is 2. The summed E-state index contributed by atoms with van der Waals surface area (Å²) in [6.07, 6.45) is 6.09. The highest BCUT2D eigenvalue weighted by molar-refractivity contribution is 5.79. The second-order valence-corrected chi connectivity index (χ2v) is 7.51. The van der Waals surface area contributed by atoms with Gasteiger partial charge in [-0.15, -0.1) is 0 Å². The molecule has 1 amide bonds. The summed E-state index contributed by atoms with van der Waals surface area (Å²) in [5, 5.41) is 0. The lowest BCUT2D eigenvalue weighted by Crippen LogP contribution is -2.46. The number of aromatic nitrogens is 2. The van der Waals surface area contributed by atoms with E-state index in [-0.39, 0.29) is 5.92 Å². The molecule has 5 nitrogen and oxygen atoms in total. The van der Waals surface area contributed by atoms with Crippen molar-refractivity contribution in [3.05, 3.63) is 30.5 Å². The normalized spacial score (nSPS) is 22.4. The number of nitrogens with zero attached hydrogens (tertiary/aromatic N) is 4. The van der Waals surface area contributed by atoms with E-state index < -0.39 is 0 Å². The van der Waals surface area contributed by atoms with E-state index in [0.717, 1.165) is 62.3 Å². The molecule has 2 saturated heterocycles. The molecule has 0 spiro atoms. The summed E-state index contributed by atoms with van der Waals surface area (Å²) in [6, 6.07) is 7.96. The molecule has 1 atom stereocenters. The van der Waals surface area contributed by atoms with Gasteiger partial charge in [0, 0.05) is 32.1 Å². The molecule has 5 heteroatoms. The molecule has 2 aromatic rings. The Morgan fingerprint density at radius 2 is 1.84 bits per heavy atom. The lowest BCUT2D eigenvalue weighted by Gasteiger charge is -2.37. The first-order valence-electron chi connectivity index (χ1n) is 9.46. The Labute approximate surface area is 149 Å². The molecule has 132 valence electrons. The van der Waals surface area contributed by atoms with Gasteiger partial charge in [0.25, 0.3) is 0 Å². The summed E-state index contributed by atoms with van der Waals surface area (Å²) in [6.45, 7) is 5.90. The molecule has 2 fully saturated rings. The molecular weight excluding hydrogens is 312 g/mol. The van der Waals surface area contributed by atoms with Crippen LogP contribution in [0, 0.1) is 11.8 Å². The fourth-order valence-electron chi connectivity index (χ4n) is 4.10. The second-order valence-electron chi connectivity index (χ2n) is 7.51. The van der Waals surface area contributed by atoms with Gasteiger partial charge in [-0.25, -0.2) is 4.98 Å². The fourth-order valence-corrected chi connectivity index (χ4v) is 4.10. The minimum Gasteiger partial charge on any atom is -0.355 e. The summed E-state index contributed by atoms with van der Waals surface area (Å²) >= 11 is 0. The molecule has 25 heavy (non-hydrogen) atoms. The average Bonchev–Trinajstić information content (AvgIpc) is 2.67. The first-order valence-corrected chi connectivity index (χ1v) is 9.46. The highest BCUT2D eigenvalue weighted by Gasteiger charge is 2.30. The van der Waals surface area contributed by atoms with Gasteiger partial charge >= 0.3 is 0 Å². The monoisotopic (exact) mass is 338 g/mol. The van der Waals surface area contributed by atoms with E-state index >= 15 is 0 Å². The SMILES string of the molecule is C[C@H]1CCCN(C(=O)C2CCN(c3cnc4ccccc4n3)CC2)C1. The number of carbonyl (C=O) groups excluding carboxylic acids is 1. The van der Waals surface area contributed by atoms with Crippen LogP contribution in [0.2, 0.25) is 0 Å². The van der Waals surface area contributed by atoms with Crippen LogP contribution in [-0.2, 0) is 4.79 Å². The minimum absolute atomic E-state index is 0.176. The van der Waals surface area contributed by atoms with Gasteiger partial charge in [0.2, 0.25) is 5.91 Å². The van der Waals surface area contributed by atoms with Crippen LogP contribution in [0.25, 0.3) is 11.0 Å². The molecule has 4 rings (SSSR count). The standard InChI is InChI=1S/C20H26N4O/c1-15-5-4-10-24(14-15)20(25)16-8-11-23(12-9-16)19-13-21-17-6-2-3-7-18(17)22-19/h2-3,6-7,13,15-16H,4-5,8-12,14H2,1H3/t15-/m0/s1. The number of fused-ring (bicyclic) bond motifs is 1. The number of amides is 1. The van der Waals surface area contributed by atoms with Gasteiger partial charge in [0.1, 0.15) is 5.82 Å². The number of likely N-dealkylation sites (tertiary alicyclic amines) is 1. The van der Waals surface area contributed by atoms with Crippen molar-refractivity contribution in [3.63, 3.8) is 0 Å². The molecule has 0 unspecified atom stereocenters. The van der Waals surface area contributed by atoms with Gasteiger partial charge in [-0.2, -0.15) is 0 Å². The van der Waals surface area contributed by atoms with Crippen molar-refractivity contribution >= 4 is 22.8 Å². The van der Waals surface area contributed by atoms with E-state index in [9.17, 15) is 4.79 Å². The predicted molar refractivity (Wildman–Crippen MR) is 99.5 cm³/mol. The lowest BCUT2D eigenvalue weighted by atomic mass is 9.93. The van der Waals surface area contributed by atoms with Crippen LogP contribution in [0.5, 0.6) is 0 Å². The van der Waals surface area contributed by atoms with E-state index in [0.29, 0.717) is 11.8 Å². The van der Waals surface area contributed by atoms with E-state index in [1.807, 2.05) is 30.5 Å². The number of rotatable bonds is 2. The molecule has 0 aliphatic carbocycles. The maximum atomic E-state index is 12.8. The summed E-state index contributed by atoms with van der Waals surface area (Å²) in [7, 11) is 0. The van der Waals surface area contributed by atoms with Crippen LogP contribution in [0.1, 0.15) is 32.6 Å². The zero-order chi connectivity index (χ0) is 17.2. The molecular formula is C20H26N4O. The van der Waals surface area contributed by atoms with Crippen molar-refractivity contribution in [2.45, 2.75) is 32.6 Å². The van der Waals surface area contributed by atoms with Gasteiger partial charge in [-0.1, -0.05) is 19.1 Å². The summed E-state index contributed by atoms with van der Waals surface area (Å²) in [5.74, 6) is 2.12. The zero-order valence-electron chi connectivity index (χ0n) is 14.9. The third-order valence-electron chi connectivity index (χ3n) is 5.57. The van der Waals surface area contributed by atoms with Crippen molar-refractivity contribution in [3.8, 4) is 0 Å². The Morgan fingerprint density at radius 1 is 1.08 bits per heavy atom. The van der Waals surface area contributed by atoms with Crippen LogP contribution in [0.4, 0.5) is 5.82 Å². The highest BCUT2D eigenvalue weighted by Crippen LogP contribution is 2.26. The largest absolute Gasteiger partial charge is 0.355 e. The number of anilines is 1. The smallest absolute Gasteiger partial charge is 0.225 e. The van der Waals surface area contributed by atoms with E-state index in [2.05, 4.69) is 21.7 Å². The molecule has 2 aliphatic rings. The van der Waals surface area contributed by atoms with Crippen molar-refractivity contribution in [2.75, 3.05) is 31.1 Å². The topological polar surface area (TPSA) is 49.3 Å². The third-order valence-corrected chi connectivity index (χ3v) is 5.57. The number of hydrogen-bond acceptors (Lipinski definition) is 4. The van der Waals surface area contributed by atoms with E-state index in [1.165, 1.54) is 6.42 Å². The summed E-state index contributed by atoms with van der Waals surface area (Å²) < 4.78 is 0. The first kappa shape index (κ1) is 16.3. The maximum Gasteiger partial charge on any atom is 0.225 e. The number of benzene rings is 1. The highest BCUT2D eigenvalue weighted by atomic mass is 16.2. The second kappa shape index (κ2) is 6.98. The molecule has 2 aliphatic heterocycles. The van der Waals surface area contributed by atoms with Gasteiger partial charge in [0.05, 0.1) is 17.2 Å². The Kier molecular flexibility index (Phi) is 4.55. The molecule has 0 bridgehead atoms. The molecule has 3 heterocycles. The van der Waals surface area contributed by atoms with Crippen molar-refractivity contribution < 1.29 is 4.79 Å². The van der Waals surface area contributed by atoms with Crippen LogP contribution >= 0.6 is 0 Å². The van der Waals surface area contributed by atoms with Crippen molar-refractivity contribution in [2.24, 2.45) is 11.8 Å². The van der Waals surface area contributed by atoms with Crippen LogP contribution in [0.3, 0.4) is 0 Å². The lowest BCUT2D eigenvalue weighted by molar-refractivity contribution is -0.137.